The number of hydrogen-bond acceptors (Lipinski definition) is 5. The first-order valence-electron chi connectivity index (χ1n) is 9.73. The summed E-state index contributed by atoms with van der Waals surface area (Å²) in [5, 5.41) is 9.18. The molecule has 0 aliphatic carbocycles. The van der Waals surface area contributed by atoms with E-state index >= 15 is 0 Å². The zero-order valence-electron chi connectivity index (χ0n) is 16.9. The molecule has 8 heteroatoms. The van der Waals surface area contributed by atoms with Gasteiger partial charge in [0.1, 0.15) is 5.82 Å². The molecule has 4 aromatic rings. The number of carbonyl (C=O) groups is 1. The van der Waals surface area contributed by atoms with Crippen LogP contribution in [-0.2, 0) is 17.9 Å². The molecule has 1 amide bonds. The minimum absolute atomic E-state index is 0.123. The van der Waals surface area contributed by atoms with Crippen LogP contribution in [0.25, 0.3) is 11.6 Å². The van der Waals surface area contributed by atoms with Crippen molar-refractivity contribution in [3.8, 4) is 11.6 Å². The molecule has 2 aromatic carbocycles. The van der Waals surface area contributed by atoms with Crippen LogP contribution in [0.2, 0.25) is 0 Å². The summed E-state index contributed by atoms with van der Waals surface area (Å²) in [7, 11) is 1.66. The Morgan fingerprint density at radius 3 is 2.58 bits per heavy atom. The first-order valence-corrected chi connectivity index (χ1v) is 10.7. The summed E-state index contributed by atoms with van der Waals surface area (Å²) in [6, 6.07) is 20.0. The Morgan fingerprint density at radius 2 is 1.84 bits per heavy atom. The van der Waals surface area contributed by atoms with E-state index in [4.69, 9.17) is 4.42 Å². The van der Waals surface area contributed by atoms with Crippen LogP contribution in [0.4, 0.5) is 4.39 Å². The maximum Gasteiger partial charge on any atom is 0.233 e. The van der Waals surface area contributed by atoms with Gasteiger partial charge in [-0.3, -0.25) is 9.36 Å². The maximum absolute atomic E-state index is 13.9. The van der Waals surface area contributed by atoms with Crippen molar-refractivity contribution in [2.45, 2.75) is 18.2 Å². The topological polar surface area (TPSA) is 64.2 Å². The van der Waals surface area contributed by atoms with Gasteiger partial charge in [0.15, 0.2) is 10.9 Å². The standard InChI is InChI=1S/C23H21FN4O2S/c1-27(15-18-10-5-6-11-19(18)24)21(29)16-31-23-26-25-22(20-12-7-13-30-20)28(23)14-17-8-3-2-4-9-17/h2-13H,14-16H2,1H3. The second-order valence-electron chi connectivity index (χ2n) is 6.99. The van der Waals surface area contributed by atoms with Gasteiger partial charge in [0.25, 0.3) is 0 Å². The lowest BCUT2D eigenvalue weighted by atomic mass is 10.2. The highest BCUT2D eigenvalue weighted by molar-refractivity contribution is 7.99. The van der Waals surface area contributed by atoms with Crippen molar-refractivity contribution >= 4 is 17.7 Å². The molecule has 0 unspecified atom stereocenters. The monoisotopic (exact) mass is 436 g/mol. The van der Waals surface area contributed by atoms with Crippen molar-refractivity contribution in [2.75, 3.05) is 12.8 Å². The van der Waals surface area contributed by atoms with E-state index in [9.17, 15) is 9.18 Å². The average molecular weight is 437 g/mol. The number of benzene rings is 2. The van der Waals surface area contributed by atoms with Crippen molar-refractivity contribution in [3.63, 3.8) is 0 Å². The first kappa shape index (κ1) is 20.9. The average Bonchev–Trinajstić information content (AvgIpc) is 3.44. The predicted octanol–water partition coefficient (Wildman–Crippen LogP) is 4.48. The van der Waals surface area contributed by atoms with Gasteiger partial charge in [0.2, 0.25) is 11.7 Å². The molecule has 0 bridgehead atoms. The molecular weight excluding hydrogens is 415 g/mol. The van der Waals surface area contributed by atoms with E-state index in [2.05, 4.69) is 10.2 Å². The summed E-state index contributed by atoms with van der Waals surface area (Å²) in [4.78, 5) is 14.2. The molecule has 2 aromatic heterocycles. The number of nitrogens with zero attached hydrogens (tertiary/aromatic N) is 4. The van der Waals surface area contributed by atoms with Gasteiger partial charge >= 0.3 is 0 Å². The number of hydrogen-bond donors (Lipinski definition) is 0. The zero-order valence-corrected chi connectivity index (χ0v) is 17.8. The zero-order chi connectivity index (χ0) is 21.6. The van der Waals surface area contributed by atoms with Crippen LogP contribution in [0.1, 0.15) is 11.1 Å². The summed E-state index contributed by atoms with van der Waals surface area (Å²) >= 11 is 1.30. The maximum atomic E-state index is 13.9. The molecule has 2 heterocycles. The molecule has 0 aliphatic rings. The second-order valence-corrected chi connectivity index (χ2v) is 7.93. The molecular formula is C23H21FN4O2S. The normalized spacial score (nSPS) is 10.9. The number of rotatable bonds is 8. The van der Waals surface area contributed by atoms with E-state index in [-0.39, 0.29) is 24.0 Å². The quantitative estimate of drug-likeness (QED) is 0.381. The molecule has 31 heavy (non-hydrogen) atoms. The van der Waals surface area contributed by atoms with E-state index in [1.165, 1.54) is 22.7 Å². The fourth-order valence-electron chi connectivity index (χ4n) is 3.10. The van der Waals surface area contributed by atoms with Gasteiger partial charge in [0.05, 0.1) is 18.6 Å². The highest BCUT2D eigenvalue weighted by atomic mass is 32.2. The number of aromatic nitrogens is 3. The summed E-state index contributed by atoms with van der Waals surface area (Å²) in [6.45, 7) is 0.756. The van der Waals surface area contributed by atoms with Crippen LogP contribution in [0.15, 0.2) is 82.6 Å². The Bertz CT molecular complexity index is 1150. The number of furan rings is 1. The van der Waals surface area contributed by atoms with E-state index in [0.29, 0.717) is 28.8 Å². The molecule has 4 rings (SSSR count). The molecule has 6 nitrogen and oxygen atoms in total. The Balaban J connectivity index is 1.49. The van der Waals surface area contributed by atoms with Gasteiger partial charge in [0, 0.05) is 19.2 Å². The Labute approximate surface area is 183 Å². The van der Waals surface area contributed by atoms with Gasteiger partial charge in [-0.2, -0.15) is 0 Å². The molecule has 0 saturated carbocycles. The summed E-state index contributed by atoms with van der Waals surface area (Å²) in [5.74, 6) is 0.931. The summed E-state index contributed by atoms with van der Waals surface area (Å²) < 4.78 is 21.3. The lowest BCUT2D eigenvalue weighted by molar-refractivity contribution is -0.127. The smallest absolute Gasteiger partial charge is 0.233 e. The molecule has 0 atom stereocenters. The third-order valence-corrected chi connectivity index (χ3v) is 5.71. The Morgan fingerprint density at radius 1 is 1.06 bits per heavy atom. The van der Waals surface area contributed by atoms with Gasteiger partial charge in [-0.1, -0.05) is 60.3 Å². The second kappa shape index (κ2) is 9.61. The van der Waals surface area contributed by atoms with Gasteiger partial charge < -0.3 is 9.32 Å². The third-order valence-electron chi connectivity index (χ3n) is 4.76. The van der Waals surface area contributed by atoms with Gasteiger partial charge in [-0.05, 0) is 23.8 Å². The molecule has 0 aliphatic heterocycles. The molecule has 0 spiro atoms. The Hall–Kier alpha value is -3.39. The predicted molar refractivity (Wildman–Crippen MR) is 117 cm³/mol. The molecule has 0 fully saturated rings. The van der Waals surface area contributed by atoms with Crippen molar-refractivity contribution in [2.24, 2.45) is 0 Å². The van der Waals surface area contributed by atoms with Crippen molar-refractivity contribution in [3.05, 3.63) is 89.9 Å². The molecule has 0 radical (unpaired) electrons. The number of amides is 1. The molecule has 158 valence electrons. The number of thioether (sulfide) groups is 1. The van der Waals surface area contributed by atoms with E-state index in [0.717, 1.165) is 5.56 Å². The van der Waals surface area contributed by atoms with Gasteiger partial charge in [-0.15, -0.1) is 10.2 Å². The summed E-state index contributed by atoms with van der Waals surface area (Å²) in [5.41, 5.74) is 1.57. The third kappa shape index (κ3) is 5.03. The van der Waals surface area contributed by atoms with Gasteiger partial charge in [-0.25, -0.2) is 4.39 Å². The van der Waals surface area contributed by atoms with Crippen LogP contribution in [0.5, 0.6) is 0 Å². The fraction of sp³-hybridized carbons (Fsp3) is 0.174. The van der Waals surface area contributed by atoms with Crippen LogP contribution in [-0.4, -0.2) is 38.4 Å². The largest absolute Gasteiger partial charge is 0.461 e. The van der Waals surface area contributed by atoms with Crippen molar-refractivity contribution < 1.29 is 13.6 Å². The Kier molecular flexibility index (Phi) is 6.47. The first-order chi connectivity index (χ1) is 15.1. The van der Waals surface area contributed by atoms with Crippen molar-refractivity contribution in [1.29, 1.82) is 0 Å². The fourth-order valence-corrected chi connectivity index (χ4v) is 3.98. The van der Waals surface area contributed by atoms with E-state index in [1.807, 2.05) is 41.0 Å². The lowest BCUT2D eigenvalue weighted by Gasteiger charge is -2.17. The minimum atomic E-state index is -0.319. The van der Waals surface area contributed by atoms with E-state index < -0.39 is 0 Å². The highest BCUT2D eigenvalue weighted by Crippen LogP contribution is 2.26. The van der Waals surface area contributed by atoms with Crippen LogP contribution >= 0.6 is 11.8 Å². The number of carbonyl (C=O) groups excluding carboxylic acids is 1. The van der Waals surface area contributed by atoms with Crippen LogP contribution < -0.4 is 0 Å². The van der Waals surface area contributed by atoms with Crippen molar-refractivity contribution in [1.82, 2.24) is 19.7 Å². The van der Waals surface area contributed by atoms with Crippen LogP contribution in [0.3, 0.4) is 0 Å². The number of halogens is 1. The minimum Gasteiger partial charge on any atom is -0.461 e. The van der Waals surface area contributed by atoms with Crippen LogP contribution in [0, 0.1) is 5.82 Å². The SMILES string of the molecule is CN(Cc1ccccc1F)C(=O)CSc1nnc(-c2ccco2)n1Cc1ccccc1. The highest BCUT2D eigenvalue weighted by Gasteiger charge is 2.19. The molecule has 0 saturated heterocycles. The van der Waals surface area contributed by atoms with E-state index in [1.54, 1.807) is 37.6 Å². The molecule has 0 N–H and O–H groups in total. The summed E-state index contributed by atoms with van der Waals surface area (Å²) in [6.07, 6.45) is 1.59. The lowest BCUT2D eigenvalue weighted by Crippen LogP contribution is -2.28.